The lowest BCUT2D eigenvalue weighted by atomic mass is 10.2. The third kappa shape index (κ3) is 1.97. The van der Waals surface area contributed by atoms with Crippen LogP contribution in [0.1, 0.15) is 24.8 Å². The summed E-state index contributed by atoms with van der Waals surface area (Å²) >= 11 is 0. The molecular formula is C13H14N2O3. The smallest absolute Gasteiger partial charge is 0.256 e. The topological polar surface area (TPSA) is 57.4 Å². The number of ether oxygens (including phenoxy) is 2. The molecule has 1 aromatic carbocycles. The van der Waals surface area contributed by atoms with Gasteiger partial charge in [0.2, 0.25) is 5.82 Å². The number of methoxy groups -OCH3 is 1. The zero-order valence-electron chi connectivity index (χ0n) is 10.1. The first-order valence-electron chi connectivity index (χ1n) is 5.97. The molecule has 0 radical (unpaired) electrons. The van der Waals surface area contributed by atoms with Gasteiger partial charge in [0.25, 0.3) is 5.89 Å². The Morgan fingerprint density at radius 1 is 1.33 bits per heavy atom. The molecule has 0 saturated carbocycles. The van der Waals surface area contributed by atoms with Crippen molar-refractivity contribution in [1.29, 1.82) is 0 Å². The summed E-state index contributed by atoms with van der Waals surface area (Å²) in [4.78, 5) is 4.39. The summed E-state index contributed by atoms with van der Waals surface area (Å²) in [6.45, 7) is 0.761. The summed E-state index contributed by atoms with van der Waals surface area (Å²) in [6, 6.07) is 7.60. The molecule has 0 aliphatic carbocycles. The molecule has 18 heavy (non-hydrogen) atoms. The van der Waals surface area contributed by atoms with Gasteiger partial charge in [-0.2, -0.15) is 4.98 Å². The number of nitrogens with zero attached hydrogens (tertiary/aromatic N) is 2. The van der Waals surface area contributed by atoms with Gasteiger partial charge in [-0.15, -0.1) is 0 Å². The first-order chi connectivity index (χ1) is 8.88. The van der Waals surface area contributed by atoms with Crippen LogP contribution in [0.4, 0.5) is 0 Å². The molecule has 0 unspecified atom stereocenters. The van der Waals surface area contributed by atoms with Gasteiger partial charge >= 0.3 is 0 Å². The summed E-state index contributed by atoms with van der Waals surface area (Å²) in [5.74, 6) is 1.82. The molecule has 0 N–H and O–H groups in total. The van der Waals surface area contributed by atoms with Crippen LogP contribution in [0.15, 0.2) is 28.8 Å². The van der Waals surface area contributed by atoms with Crippen molar-refractivity contribution in [3.05, 3.63) is 30.2 Å². The zero-order valence-corrected chi connectivity index (χ0v) is 10.1. The van der Waals surface area contributed by atoms with Gasteiger partial charge in [0.1, 0.15) is 11.9 Å². The molecule has 5 nitrogen and oxygen atoms in total. The van der Waals surface area contributed by atoms with Crippen LogP contribution < -0.4 is 4.74 Å². The Labute approximate surface area is 105 Å². The first-order valence-corrected chi connectivity index (χ1v) is 5.97. The Balaban J connectivity index is 1.92. The minimum atomic E-state index is -0.0547. The summed E-state index contributed by atoms with van der Waals surface area (Å²) in [7, 11) is 1.62. The van der Waals surface area contributed by atoms with Gasteiger partial charge in [-0.25, -0.2) is 0 Å². The fraction of sp³-hybridized carbons (Fsp3) is 0.385. The quantitative estimate of drug-likeness (QED) is 0.833. The first kappa shape index (κ1) is 11.2. The van der Waals surface area contributed by atoms with Gasteiger partial charge in [0, 0.05) is 6.61 Å². The number of hydrogen-bond acceptors (Lipinski definition) is 5. The SMILES string of the molecule is COc1ccccc1-c1noc([C@H]2CCCO2)n1. The van der Waals surface area contributed by atoms with Gasteiger partial charge in [-0.05, 0) is 25.0 Å². The Kier molecular flexibility index (Phi) is 2.98. The second-order valence-electron chi connectivity index (χ2n) is 4.16. The fourth-order valence-electron chi connectivity index (χ4n) is 2.08. The third-order valence-electron chi connectivity index (χ3n) is 2.99. The van der Waals surface area contributed by atoms with Crippen LogP contribution in [0.2, 0.25) is 0 Å². The van der Waals surface area contributed by atoms with E-state index in [-0.39, 0.29) is 6.10 Å². The maximum Gasteiger partial charge on any atom is 0.256 e. The van der Waals surface area contributed by atoms with Crippen LogP contribution in [-0.2, 0) is 4.74 Å². The van der Waals surface area contributed by atoms with Crippen LogP contribution >= 0.6 is 0 Å². The van der Waals surface area contributed by atoms with Crippen molar-refractivity contribution in [3.8, 4) is 17.1 Å². The van der Waals surface area contributed by atoms with Crippen LogP contribution in [-0.4, -0.2) is 23.9 Å². The average Bonchev–Trinajstić information content (AvgIpc) is 3.09. The van der Waals surface area contributed by atoms with Crippen LogP contribution in [0.5, 0.6) is 5.75 Å². The number of rotatable bonds is 3. The van der Waals surface area contributed by atoms with Crippen molar-refractivity contribution in [2.45, 2.75) is 18.9 Å². The standard InChI is InChI=1S/C13H14N2O3/c1-16-10-6-3-2-5-9(10)12-14-13(18-15-12)11-7-4-8-17-11/h2-3,5-6,11H,4,7-8H2,1H3/t11-/m1/s1. The normalized spacial score (nSPS) is 19.1. The van der Waals surface area contributed by atoms with Gasteiger partial charge < -0.3 is 14.0 Å². The lowest BCUT2D eigenvalue weighted by Gasteiger charge is -2.03. The van der Waals surface area contributed by atoms with E-state index in [1.165, 1.54) is 0 Å². The number of benzene rings is 1. The highest BCUT2D eigenvalue weighted by Crippen LogP contribution is 2.31. The van der Waals surface area contributed by atoms with E-state index in [0.29, 0.717) is 11.7 Å². The Morgan fingerprint density at radius 3 is 3.00 bits per heavy atom. The highest BCUT2D eigenvalue weighted by molar-refractivity contribution is 5.63. The summed E-state index contributed by atoms with van der Waals surface area (Å²) in [6.07, 6.45) is 1.92. The molecule has 1 atom stereocenters. The maximum absolute atomic E-state index is 5.52. The summed E-state index contributed by atoms with van der Waals surface area (Å²) in [5, 5.41) is 3.99. The second kappa shape index (κ2) is 4.78. The molecule has 0 amide bonds. The zero-order chi connectivity index (χ0) is 12.4. The number of hydrogen-bond donors (Lipinski definition) is 0. The number of aromatic nitrogens is 2. The van der Waals surface area contributed by atoms with E-state index in [9.17, 15) is 0 Å². The molecule has 1 aromatic heterocycles. The molecule has 1 saturated heterocycles. The summed E-state index contributed by atoms with van der Waals surface area (Å²) in [5.41, 5.74) is 0.827. The second-order valence-corrected chi connectivity index (χ2v) is 4.16. The molecule has 2 aromatic rings. The molecule has 5 heteroatoms. The molecule has 1 aliphatic rings. The fourth-order valence-corrected chi connectivity index (χ4v) is 2.08. The van der Waals surface area contributed by atoms with E-state index < -0.39 is 0 Å². The van der Waals surface area contributed by atoms with E-state index >= 15 is 0 Å². The molecule has 94 valence electrons. The van der Waals surface area contributed by atoms with Crippen molar-refractivity contribution in [1.82, 2.24) is 10.1 Å². The minimum absolute atomic E-state index is 0.0547. The highest BCUT2D eigenvalue weighted by Gasteiger charge is 2.24. The van der Waals surface area contributed by atoms with Crippen LogP contribution in [0, 0.1) is 0 Å². The Morgan fingerprint density at radius 2 is 2.22 bits per heavy atom. The van der Waals surface area contributed by atoms with Crippen molar-refractivity contribution in [3.63, 3.8) is 0 Å². The lowest BCUT2D eigenvalue weighted by Crippen LogP contribution is -1.95. The van der Waals surface area contributed by atoms with Crippen molar-refractivity contribution in [2.75, 3.05) is 13.7 Å². The van der Waals surface area contributed by atoms with E-state index in [4.69, 9.17) is 14.0 Å². The molecule has 0 spiro atoms. The molecule has 0 bridgehead atoms. The molecular weight excluding hydrogens is 232 g/mol. The summed E-state index contributed by atoms with van der Waals surface area (Å²) < 4.78 is 16.1. The Hall–Kier alpha value is -1.88. The van der Waals surface area contributed by atoms with E-state index in [1.54, 1.807) is 7.11 Å². The molecule has 3 rings (SSSR count). The Bertz CT molecular complexity index is 533. The van der Waals surface area contributed by atoms with Crippen LogP contribution in [0.3, 0.4) is 0 Å². The predicted octanol–water partition coefficient (Wildman–Crippen LogP) is 2.60. The maximum atomic E-state index is 5.52. The third-order valence-corrected chi connectivity index (χ3v) is 2.99. The van der Waals surface area contributed by atoms with Crippen molar-refractivity contribution in [2.24, 2.45) is 0 Å². The molecule has 2 heterocycles. The lowest BCUT2D eigenvalue weighted by molar-refractivity contribution is 0.0835. The van der Waals surface area contributed by atoms with E-state index in [2.05, 4.69) is 10.1 Å². The van der Waals surface area contributed by atoms with Crippen molar-refractivity contribution < 1.29 is 14.0 Å². The predicted molar refractivity (Wildman–Crippen MR) is 64.2 cm³/mol. The van der Waals surface area contributed by atoms with E-state index in [0.717, 1.165) is 30.8 Å². The highest BCUT2D eigenvalue weighted by atomic mass is 16.5. The van der Waals surface area contributed by atoms with Gasteiger partial charge in [0.05, 0.1) is 12.7 Å². The van der Waals surface area contributed by atoms with Gasteiger partial charge in [-0.3, -0.25) is 0 Å². The van der Waals surface area contributed by atoms with E-state index in [1.807, 2.05) is 24.3 Å². The van der Waals surface area contributed by atoms with Gasteiger partial charge in [-0.1, -0.05) is 17.3 Å². The average molecular weight is 246 g/mol. The van der Waals surface area contributed by atoms with Crippen LogP contribution in [0.25, 0.3) is 11.4 Å². The monoisotopic (exact) mass is 246 g/mol. The largest absolute Gasteiger partial charge is 0.496 e. The minimum Gasteiger partial charge on any atom is -0.496 e. The van der Waals surface area contributed by atoms with Gasteiger partial charge in [0.15, 0.2) is 0 Å². The molecule has 1 aliphatic heterocycles. The molecule has 1 fully saturated rings. The number of para-hydroxylation sites is 1. The van der Waals surface area contributed by atoms with Crippen molar-refractivity contribution >= 4 is 0 Å².